The molecule has 7 heteroatoms. The van der Waals surface area contributed by atoms with Crippen molar-refractivity contribution in [3.8, 4) is 11.5 Å². The van der Waals surface area contributed by atoms with E-state index in [9.17, 15) is 9.59 Å². The molecule has 0 atom stereocenters. The number of hydrogen-bond acceptors (Lipinski definition) is 5. The van der Waals surface area contributed by atoms with E-state index in [-0.39, 0.29) is 24.5 Å². The molecule has 2 amide bonds. The quantitative estimate of drug-likeness (QED) is 0.684. The summed E-state index contributed by atoms with van der Waals surface area (Å²) in [5.41, 5.74) is 0. The highest BCUT2D eigenvalue weighted by Gasteiger charge is 2.33. The van der Waals surface area contributed by atoms with Gasteiger partial charge >= 0.3 is 0 Å². The molecule has 27 heavy (non-hydrogen) atoms. The van der Waals surface area contributed by atoms with Gasteiger partial charge in [0.2, 0.25) is 5.91 Å². The number of hydrogen-bond donors (Lipinski definition) is 0. The fourth-order valence-corrected chi connectivity index (χ4v) is 3.29. The maximum atomic E-state index is 12.7. The minimum absolute atomic E-state index is 0.0421. The number of ether oxygens (including phenoxy) is 2. The summed E-state index contributed by atoms with van der Waals surface area (Å²) in [6.45, 7) is 3.77. The molecule has 1 aromatic carbocycles. The van der Waals surface area contributed by atoms with Crippen LogP contribution >= 0.6 is 0 Å². The molecular weight excluding hydrogens is 346 g/mol. The van der Waals surface area contributed by atoms with E-state index in [0.29, 0.717) is 24.5 Å². The maximum Gasteiger partial charge on any atom is 0.260 e. The molecular formula is C20H29N3O4. The van der Waals surface area contributed by atoms with Gasteiger partial charge in [-0.2, -0.15) is 0 Å². The zero-order chi connectivity index (χ0) is 19.2. The SMILES string of the molecule is COc1ccccc1OCC(=O)N(CCC(=O)N1CCN(C)CC1)C1CC1. The lowest BCUT2D eigenvalue weighted by atomic mass is 10.2. The van der Waals surface area contributed by atoms with Crippen LogP contribution in [0.25, 0.3) is 0 Å². The Morgan fingerprint density at radius 2 is 1.78 bits per heavy atom. The number of rotatable bonds is 8. The molecule has 7 nitrogen and oxygen atoms in total. The molecule has 148 valence electrons. The van der Waals surface area contributed by atoms with Crippen molar-refractivity contribution in [2.75, 3.05) is 53.5 Å². The Hall–Kier alpha value is -2.28. The average molecular weight is 375 g/mol. The average Bonchev–Trinajstić information content (AvgIpc) is 3.52. The molecule has 1 aromatic rings. The summed E-state index contributed by atoms with van der Waals surface area (Å²) in [5.74, 6) is 1.22. The van der Waals surface area contributed by atoms with E-state index < -0.39 is 0 Å². The van der Waals surface area contributed by atoms with E-state index >= 15 is 0 Å². The number of carbonyl (C=O) groups excluding carboxylic acids is 2. The van der Waals surface area contributed by atoms with Gasteiger partial charge in [-0.1, -0.05) is 12.1 Å². The van der Waals surface area contributed by atoms with Crippen LogP contribution in [0, 0.1) is 0 Å². The molecule has 1 aliphatic carbocycles. The summed E-state index contributed by atoms with van der Waals surface area (Å²) >= 11 is 0. The van der Waals surface area contributed by atoms with Crippen molar-refractivity contribution >= 4 is 11.8 Å². The van der Waals surface area contributed by atoms with Crippen molar-refractivity contribution in [3.05, 3.63) is 24.3 Å². The van der Waals surface area contributed by atoms with Crippen LogP contribution in [0.1, 0.15) is 19.3 Å². The van der Waals surface area contributed by atoms with Gasteiger partial charge in [0.25, 0.3) is 5.91 Å². The summed E-state index contributed by atoms with van der Waals surface area (Å²) in [6.07, 6.45) is 2.38. The van der Waals surface area contributed by atoms with Crippen LogP contribution in [0.5, 0.6) is 11.5 Å². The Bertz CT molecular complexity index is 654. The predicted octanol–water partition coefficient (Wildman–Crippen LogP) is 1.23. The molecule has 1 heterocycles. The first-order valence-electron chi connectivity index (χ1n) is 9.60. The van der Waals surface area contributed by atoms with Gasteiger partial charge in [0.1, 0.15) is 0 Å². The van der Waals surface area contributed by atoms with Crippen molar-refractivity contribution in [2.45, 2.75) is 25.3 Å². The fourth-order valence-electron chi connectivity index (χ4n) is 3.29. The van der Waals surface area contributed by atoms with Gasteiger partial charge < -0.3 is 24.2 Å². The van der Waals surface area contributed by atoms with Crippen LogP contribution in [-0.4, -0.2) is 86.0 Å². The number of methoxy groups -OCH3 is 1. The lowest BCUT2D eigenvalue weighted by Gasteiger charge is -2.33. The lowest BCUT2D eigenvalue weighted by Crippen LogP contribution is -2.48. The minimum atomic E-state index is -0.0745. The van der Waals surface area contributed by atoms with E-state index in [1.807, 2.05) is 21.9 Å². The molecule has 2 aliphatic rings. The van der Waals surface area contributed by atoms with Crippen LogP contribution in [0.15, 0.2) is 24.3 Å². The number of amides is 2. The molecule has 0 unspecified atom stereocenters. The monoisotopic (exact) mass is 375 g/mol. The standard InChI is InChI=1S/C20H29N3O4/c1-21-11-13-22(14-12-21)19(24)9-10-23(16-7-8-16)20(25)15-27-18-6-4-3-5-17(18)26-2/h3-6,16H,7-15H2,1-2H3. The fraction of sp³-hybridized carbons (Fsp3) is 0.600. The van der Waals surface area contributed by atoms with Crippen LogP contribution in [0.2, 0.25) is 0 Å². The van der Waals surface area contributed by atoms with E-state index in [1.165, 1.54) is 0 Å². The molecule has 1 saturated heterocycles. The molecule has 1 saturated carbocycles. The molecule has 2 fully saturated rings. The van der Waals surface area contributed by atoms with Crippen molar-refractivity contribution in [1.29, 1.82) is 0 Å². The Balaban J connectivity index is 1.49. The molecule has 0 radical (unpaired) electrons. The largest absolute Gasteiger partial charge is 0.493 e. The highest BCUT2D eigenvalue weighted by molar-refractivity contribution is 5.80. The van der Waals surface area contributed by atoms with Gasteiger partial charge in [-0.25, -0.2) is 0 Å². The van der Waals surface area contributed by atoms with E-state index in [1.54, 1.807) is 19.2 Å². The third-order valence-corrected chi connectivity index (χ3v) is 5.15. The Morgan fingerprint density at radius 3 is 2.41 bits per heavy atom. The van der Waals surface area contributed by atoms with E-state index in [4.69, 9.17) is 9.47 Å². The maximum absolute atomic E-state index is 12.7. The smallest absolute Gasteiger partial charge is 0.260 e. The van der Waals surface area contributed by atoms with Crippen molar-refractivity contribution < 1.29 is 19.1 Å². The summed E-state index contributed by atoms with van der Waals surface area (Å²) in [4.78, 5) is 31.1. The summed E-state index contributed by atoms with van der Waals surface area (Å²) in [5, 5.41) is 0. The normalized spacial score (nSPS) is 17.5. The van der Waals surface area contributed by atoms with Crippen molar-refractivity contribution in [1.82, 2.24) is 14.7 Å². The second-order valence-corrected chi connectivity index (χ2v) is 7.19. The first kappa shape index (κ1) is 19.5. The third kappa shape index (κ3) is 5.35. The second kappa shape index (κ2) is 9.08. The number of likely N-dealkylation sites (N-methyl/N-ethyl adjacent to an activating group) is 1. The molecule has 1 aliphatic heterocycles. The molecule has 0 aromatic heterocycles. The van der Waals surface area contributed by atoms with Gasteiger partial charge in [-0.05, 0) is 32.0 Å². The molecule has 0 N–H and O–H groups in total. The first-order valence-corrected chi connectivity index (χ1v) is 9.60. The van der Waals surface area contributed by atoms with E-state index in [0.717, 1.165) is 39.0 Å². The van der Waals surface area contributed by atoms with Crippen molar-refractivity contribution in [2.24, 2.45) is 0 Å². The summed E-state index contributed by atoms with van der Waals surface area (Å²) < 4.78 is 10.9. The van der Waals surface area contributed by atoms with E-state index in [2.05, 4.69) is 11.9 Å². The topological polar surface area (TPSA) is 62.3 Å². The molecule has 0 bridgehead atoms. The number of benzene rings is 1. The summed E-state index contributed by atoms with van der Waals surface area (Å²) in [7, 11) is 3.64. The lowest BCUT2D eigenvalue weighted by molar-refractivity contribution is -0.136. The molecule has 3 rings (SSSR count). The van der Waals surface area contributed by atoms with Crippen molar-refractivity contribution in [3.63, 3.8) is 0 Å². The predicted molar refractivity (Wildman–Crippen MR) is 102 cm³/mol. The van der Waals surface area contributed by atoms with Gasteiger partial charge in [0, 0.05) is 45.2 Å². The van der Waals surface area contributed by atoms with Crippen LogP contribution < -0.4 is 9.47 Å². The first-order chi connectivity index (χ1) is 13.1. The van der Waals surface area contributed by atoms with Gasteiger partial charge in [-0.3, -0.25) is 9.59 Å². The Kier molecular flexibility index (Phi) is 6.55. The molecule has 0 spiro atoms. The van der Waals surface area contributed by atoms with Gasteiger partial charge in [0.05, 0.1) is 7.11 Å². The Morgan fingerprint density at radius 1 is 1.11 bits per heavy atom. The third-order valence-electron chi connectivity index (χ3n) is 5.15. The van der Waals surface area contributed by atoms with Crippen LogP contribution in [0.3, 0.4) is 0 Å². The minimum Gasteiger partial charge on any atom is -0.493 e. The zero-order valence-electron chi connectivity index (χ0n) is 16.2. The highest BCUT2D eigenvalue weighted by atomic mass is 16.5. The Labute approximate surface area is 160 Å². The number of para-hydroxylation sites is 2. The number of nitrogens with zero attached hydrogens (tertiary/aromatic N) is 3. The number of carbonyl (C=O) groups is 2. The zero-order valence-corrected chi connectivity index (χ0v) is 16.2. The van der Waals surface area contributed by atoms with Crippen LogP contribution in [-0.2, 0) is 9.59 Å². The van der Waals surface area contributed by atoms with Gasteiger partial charge in [0.15, 0.2) is 18.1 Å². The second-order valence-electron chi connectivity index (χ2n) is 7.19. The number of piperazine rings is 1. The highest BCUT2D eigenvalue weighted by Crippen LogP contribution is 2.29. The summed E-state index contributed by atoms with van der Waals surface area (Å²) in [6, 6.07) is 7.53. The van der Waals surface area contributed by atoms with Gasteiger partial charge in [-0.15, -0.1) is 0 Å². The van der Waals surface area contributed by atoms with Crippen LogP contribution in [0.4, 0.5) is 0 Å².